The predicted molar refractivity (Wildman–Crippen MR) is 108 cm³/mol. The molecule has 0 fully saturated rings. The van der Waals surface area contributed by atoms with Gasteiger partial charge >= 0.3 is 6.09 Å². The van der Waals surface area contributed by atoms with Crippen LogP contribution in [0.4, 0.5) is 4.79 Å². The van der Waals surface area contributed by atoms with E-state index >= 15 is 0 Å². The molecule has 0 heterocycles. The maximum Gasteiger partial charge on any atom is 0.410 e. The van der Waals surface area contributed by atoms with Crippen LogP contribution >= 0.6 is 17.1 Å². The molecule has 5 nitrogen and oxygen atoms in total. The molecule has 0 aromatic heterocycles. The lowest BCUT2D eigenvalue weighted by atomic mass is 10.1. The average Bonchev–Trinajstić information content (AvgIpc) is 2.47. The number of carbonyl (C=O) groups is 1. The van der Waals surface area contributed by atoms with E-state index in [1.54, 1.807) is 7.05 Å². The molecule has 1 rings (SSSR count). The quantitative estimate of drug-likeness (QED) is 0.625. The van der Waals surface area contributed by atoms with Gasteiger partial charge in [-0.05, 0) is 62.0 Å². The van der Waals surface area contributed by atoms with Crippen LogP contribution in [-0.2, 0) is 27.5 Å². The van der Waals surface area contributed by atoms with Gasteiger partial charge in [-0.15, -0.1) is 0 Å². The van der Waals surface area contributed by atoms with Crippen molar-refractivity contribution in [3.8, 4) is 0 Å². The highest BCUT2D eigenvalue weighted by Crippen LogP contribution is 2.60. The van der Waals surface area contributed by atoms with E-state index in [4.69, 9.17) is 21.1 Å². The van der Waals surface area contributed by atoms with Crippen LogP contribution in [0.1, 0.15) is 39.7 Å². The second-order valence-electron chi connectivity index (χ2n) is 6.65. The van der Waals surface area contributed by atoms with Crippen LogP contribution in [0.25, 0.3) is 0 Å². The van der Waals surface area contributed by atoms with Gasteiger partial charge in [-0.25, -0.2) is 4.79 Å². The Bertz CT molecular complexity index is 619. The maximum atomic E-state index is 11.9. The van der Waals surface area contributed by atoms with E-state index in [0.717, 1.165) is 23.3 Å². The molecule has 1 unspecified atom stereocenters. The lowest BCUT2D eigenvalue weighted by Crippen LogP contribution is -2.35. The number of carbonyl (C=O) groups excluding carboxylic acids is 1. The molecule has 25 heavy (non-hydrogen) atoms. The number of likely N-dealkylation sites (N-methyl/N-ethyl adjacent to an activating group) is 1. The minimum Gasteiger partial charge on any atom is -0.444 e. The number of benzene rings is 1. The zero-order valence-corrected chi connectivity index (χ0v) is 18.0. The van der Waals surface area contributed by atoms with Gasteiger partial charge in [0.05, 0.1) is 6.61 Å². The van der Waals surface area contributed by atoms with E-state index in [9.17, 15) is 9.69 Å². The minimum atomic E-state index is -3.02. The highest BCUT2D eigenvalue weighted by molar-refractivity contribution is 8.67. The molecule has 142 valence electrons. The predicted octanol–water partition coefficient (Wildman–Crippen LogP) is 4.83. The number of hydrogen-bond acceptors (Lipinski definition) is 5. The molecule has 1 aromatic carbocycles. The summed E-state index contributed by atoms with van der Waals surface area (Å²) in [5.41, 5.74) is -2.41. The van der Waals surface area contributed by atoms with E-state index in [1.807, 2.05) is 45.0 Å². The summed E-state index contributed by atoms with van der Waals surface area (Å²) in [5.74, 6) is 0. The fraction of sp³-hybridized carbons (Fsp3) is 0.588. The summed E-state index contributed by atoms with van der Waals surface area (Å²) in [6, 6.07) is 7.89. The molecule has 0 aliphatic heterocycles. The van der Waals surface area contributed by atoms with Gasteiger partial charge in [0.2, 0.25) is 5.69 Å². The number of rotatable bonds is 8. The third-order valence-electron chi connectivity index (χ3n) is 3.09. The molecule has 0 spiro atoms. The third kappa shape index (κ3) is 9.06. The first kappa shape index (κ1) is 22.5. The van der Waals surface area contributed by atoms with E-state index in [-0.39, 0.29) is 6.61 Å². The Morgan fingerprint density at radius 2 is 2.00 bits per heavy atom. The molecule has 0 saturated carbocycles. The van der Waals surface area contributed by atoms with Gasteiger partial charge < -0.3 is 19.1 Å². The Kier molecular flexibility index (Phi) is 8.92. The van der Waals surface area contributed by atoms with Gasteiger partial charge in [-0.2, -0.15) is 0 Å². The van der Waals surface area contributed by atoms with Crippen molar-refractivity contribution in [3.05, 3.63) is 29.8 Å². The fourth-order valence-electron chi connectivity index (χ4n) is 1.94. The van der Waals surface area contributed by atoms with Crippen molar-refractivity contribution < 1.29 is 18.9 Å². The summed E-state index contributed by atoms with van der Waals surface area (Å²) in [6.07, 6.45) is 1.52. The van der Waals surface area contributed by atoms with Crippen molar-refractivity contribution in [2.24, 2.45) is 0 Å². The van der Waals surface area contributed by atoms with Crippen LogP contribution < -0.4 is 0 Å². The molecule has 0 saturated heterocycles. The van der Waals surface area contributed by atoms with Gasteiger partial charge in [-0.3, -0.25) is 0 Å². The Balaban J connectivity index is 2.54. The third-order valence-corrected chi connectivity index (χ3v) is 7.01. The van der Waals surface area contributed by atoms with Crippen molar-refractivity contribution in [2.45, 2.75) is 51.0 Å². The summed E-state index contributed by atoms with van der Waals surface area (Å²) >= 11 is 6.45. The summed E-state index contributed by atoms with van der Waals surface area (Å²) in [7, 11) is 1.63. The molecule has 8 heteroatoms. The lowest BCUT2D eigenvalue weighted by Gasteiger charge is -2.25. The van der Waals surface area contributed by atoms with Crippen LogP contribution in [0.15, 0.2) is 29.2 Å². The van der Waals surface area contributed by atoms with E-state index < -0.39 is 17.4 Å². The number of aryl methyl sites for hydroxylation is 1. The minimum absolute atomic E-state index is 0.159. The first-order valence-corrected chi connectivity index (χ1v) is 12.3. The molecular weight excluding hydrogens is 377 g/mol. The van der Waals surface area contributed by atoms with Crippen molar-refractivity contribution in [1.29, 1.82) is 0 Å². The molecule has 0 aliphatic rings. The van der Waals surface area contributed by atoms with Gasteiger partial charge in [-0.1, -0.05) is 31.5 Å². The summed E-state index contributed by atoms with van der Waals surface area (Å²) in [4.78, 5) is 24.7. The number of hydrogen-bond donors (Lipinski definition) is 1. The molecule has 0 aliphatic carbocycles. The molecule has 1 amide bonds. The largest absolute Gasteiger partial charge is 0.444 e. The van der Waals surface area contributed by atoms with Gasteiger partial charge in [0, 0.05) is 18.5 Å². The Hall–Kier alpha value is -0.590. The van der Waals surface area contributed by atoms with E-state index in [0.29, 0.717) is 6.54 Å². The SMILES string of the molecule is CCCc1ccccc1SP(O)(=S)OCCN(C)C(=O)OC(C)(C)C. The van der Waals surface area contributed by atoms with Crippen LogP contribution in [0.2, 0.25) is 0 Å². The monoisotopic (exact) mass is 405 g/mol. The molecule has 0 bridgehead atoms. The normalized spacial score (nSPS) is 14.0. The van der Waals surface area contributed by atoms with E-state index in [1.165, 1.54) is 16.3 Å². The second kappa shape index (κ2) is 9.93. The highest BCUT2D eigenvalue weighted by atomic mass is 32.9. The van der Waals surface area contributed by atoms with Gasteiger partial charge in [0.1, 0.15) is 5.60 Å². The van der Waals surface area contributed by atoms with E-state index in [2.05, 4.69) is 6.92 Å². The van der Waals surface area contributed by atoms with Crippen molar-refractivity contribution in [1.82, 2.24) is 4.90 Å². The van der Waals surface area contributed by atoms with Gasteiger partial charge in [0.15, 0.2) is 0 Å². The van der Waals surface area contributed by atoms with Crippen molar-refractivity contribution in [3.63, 3.8) is 0 Å². The number of ether oxygens (including phenoxy) is 1. The number of amides is 1. The summed E-state index contributed by atoms with van der Waals surface area (Å²) in [5, 5.41) is 0. The Morgan fingerprint density at radius 3 is 2.60 bits per heavy atom. The highest BCUT2D eigenvalue weighted by Gasteiger charge is 2.21. The first-order valence-electron chi connectivity index (χ1n) is 8.23. The summed E-state index contributed by atoms with van der Waals surface area (Å²) in [6.45, 7) is 8.00. The van der Waals surface area contributed by atoms with Gasteiger partial charge in [0.25, 0.3) is 0 Å². The van der Waals surface area contributed by atoms with Crippen LogP contribution in [0.3, 0.4) is 0 Å². The lowest BCUT2D eigenvalue weighted by molar-refractivity contribution is 0.0279. The standard InChI is InChI=1S/C17H28NO4PS2/c1-6-9-14-10-7-8-11-15(14)25-23(20,24)21-13-12-18(5)16(19)22-17(2,3)4/h7-8,10-11H,6,9,12-13H2,1-5H3,(H,20,24). The zero-order chi connectivity index (χ0) is 19.1. The average molecular weight is 406 g/mol. The molecular formula is C17H28NO4PS2. The molecule has 1 N–H and O–H groups in total. The van der Waals surface area contributed by atoms with Crippen molar-refractivity contribution >= 4 is 35.0 Å². The fourth-order valence-corrected chi connectivity index (χ4v) is 5.59. The summed E-state index contributed by atoms with van der Waals surface area (Å²) < 4.78 is 10.8. The Morgan fingerprint density at radius 1 is 1.36 bits per heavy atom. The van der Waals surface area contributed by atoms with Crippen LogP contribution in [-0.4, -0.2) is 41.7 Å². The molecule has 1 aromatic rings. The smallest absolute Gasteiger partial charge is 0.410 e. The maximum absolute atomic E-state index is 11.9. The number of nitrogens with zero attached hydrogens (tertiary/aromatic N) is 1. The second-order valence-corrected chi connectivity index (χ2v) is 12.7. The van der Waals surface area contributed by atoms with Crippen LogP contribution in [0.5, 0.6) is 0 Å². The molecule has 0 radical (unpaired) electrons. The molecule has 1 atom stereocenters. The van der Waals surface area contributed by atoms with Crippen LogP contribution in [0, 0.1) is 0 Å². The zero-order valence-electron chi connectivity index (χ0n) is 15.5. The topological polar surface area (TPSA) is 59.0 Å². The Labute approximate surface area is 160 Å². The first-order chi connectivity index (χ1) is 11.5. The van der Waals surface area contributed by atoms with Crippen molar-refractivity contribution in [2.75, 3.05) is 20.2 Å².